The van der Waals surface area contributed by atoms with Crippen molar-refractivity contribution >= 4 is 0 Å². The van der Waals surface area contributed by atoms with Crippen LogP contribution in [0.2, 0.25) is 0 Å². The molecule has 2 rings (SSSR count). The fraction of sp³-hybridized carbons (Fsp3) is 0.625. The summed E-state index contributed by atoms with van der Waals surface area (Å²) >= 11 is 0. The van der Waals surface area contributed by atoms with E-state index in [2.05, 4.69) is 19.2 Å². The maximum atomic E-state index is 12.9. The Kier molecular flexibility index (Phi) is 5.34. The Labute approximate surface area is 115 Å². The minimum Gasteiger partial charge on any atom is -0.378 e. The van der Waals surface area contributed by atoms with Gasteiger partial charge < -0.3 is 10.1 Å². The van der Waals surface area contributed by atoms with Crippen molar-refractivity contribution in [3.63, 3.8) is 0 Å². The quantitative estimate of drug-likeness (QED) is 0.873. The van der Waals surface area contributed by atoms with Crippen LogP contribution in [0.15, 0.2) is 24.3 Å². The van der Waals surface area contributed by atoms with Crippen LogP contribution in [0, 0.1) is 5.82 Å². The van der Waals surface area contributed by atoms with Gasteiger partial charge in [-0.05, 0) is 43.9 Å². The van der Waals surface area contributed by atoms with E-state index < -0.39 is 0 Å². The smallest absolute Gasteiger partial charge is 0.123 e. The summed E-state index contributed by atoms with van der Waals surface area (Å²) in [6.45, 7) is 5.18. The third-order valence-electron chi connectivity index (χ3n) is 3.83. The summed E-state index contributed by atoms with van der Waals surface area (Å²) < 4.78 is 18.7. The van der Waals surface area contributed by atoms with Gasteiger partial charge in [-0.25, -0.2) is 4.39 Å². The molecule has 2 unspecified atom stereocenters. The molecule has 3 heteroatoms. The minimum absolute atomic E-state index is 0.176. The van der Waals surface area contributed by atoms with Crippen molar-refractivity contribution in [3.8, 4) is 0 Å². The molecule has 0 bridgehead atoms. The van der Waals surface area contributed by atoms with Crippen molar-refractivity contribution < 1.29 is 9.13 Å². The molecule has 1 aliphatic heterocycles. The van der Waals surface area contributed by atoms with Gasteiger partial charge in [0, 0.05) is 18.7 Å². The molecule has 1 aromatic carbocycles. The molecule has 19 heavy (non-hydrogen) atoms. The molecule has 0 saturated carbocycles. The Morgan fingerprint density at radius 1 is 1.37 bits per heavy atom. The molecule has 3 atom stereocenters. The van der Waals surface area contributed by atoms with Crippen LogP contribution in [-0.2, 0) is 4.74 Å². The number of hydrogen-bond acceptors (Lipinski definition) is 2. The molecule has 0 radical (unpaired) electrons. The standard InChI is InChI=1S/C16H24FNO/c1-3-4-16-11-15(9-10-19-16)18-12(2)13-5-7-14(17)8-6-13/h5-8,12,15-16,18H,3-4,9-11H2,1-2H3/t12-,15?,16?/m0/s1. The lowest BCUT2D eigenvalue weighted by atomic mass is 9.98. The maximum absolute atomic E-state index is 12.9. The van der Waals surface area contributed by atoms with Crippen molar-refractivity contribution in [2.24, 2.45) is 0 Å². The van der Waals surface area contributed by atoms with E-state index in [0.29, 0.717) is 12.1 Å². The van der Waals surface area contributed by atoms with Crippen LogP contribution in [0.3, 0.4) is 0 Å². The van der Waals surface area contributed by atoms with E-state index in [1.807, 2.05) is 12.1 Å². The van der Waals surface area contributed by atoms with E-state index in [4.69, 9.17) is 4.74 Å². The van der Waals surface area contributed by atoms with Gasteiger partial charge in [0.1, 0.15) is 5.82 Å². The second-order valence-electron chi connectivity index (χ2n) is 5.44. The van der Waals surface area contributed by atoms with E-state index in [0.717, 1.165) is 31.4 Å². The number of halogens is 1. The zero-order valence-corrected chi connectivity index (χ0v) is 11.9. The average molecular weight is 265 g/mol. The number of rotatable bonds is 5. The molecular formula is C16H24FNO. The molecule has 1 fully saturated rings. The van der Waals surface area contributed by atoms with Crippen LogP contribution in [0.1, 0.15) is 51.1 Å². The van der Waals surface area contributed by atoms with Crippen LogP contribution < -0.4 is 5.32 Å². The molecule has 106 valence electrons. The summed E-state index contributed by atoms with van der Waals surface area (Å²) in [6, 6.07) is 7.52. The van der Waals surface area contributed by atoms with Gasteiger partial charge in [0.05, 0.1) is 6.10 Å². The summed E-state index contributed by atoms with van der Waals surface area (Å²) in [5.41, 5.74) is 1.14. The van der Waals surface area contributed by atoms with Crippen molar-refractivity contribution in [3.05, 3.63) is 35.6 Å². The first-order valence-corrected chi connectivity index (χ1v) is 7.32. The van der Waals surface area contributed by atoms with Gasteiger partial charge in [0.25, 0.3) is 0 Å². The van der Waals surface area contributed by atoms with Gasteiger partial charge in [-0.15, -0.1) is 0 Å². The molecule has 1 heterocycles. The van der Waals surface area contributed by atoms with Crippen molar-refractivity contribution in [1.82, 2.24) is 5.32 Å². The number of nitrogens with one attached hydrogen (secondary N) is 1. The number of ether oxygens (including phenoxy) is 1. The van der Waals surface area contributed by atoms with Gasteiger partial charge in [-0.2, -0.15) is 0 Å². The van der Waals surface area contributed by atoms with Crippen LogP contribution in [-0.4, -0.2) is 18.8 Å². The summed E-state index contributed by atoms with van der Waals surface area (Å²) in [4.78, 5) is 0. The predicted octanol–water partition coefficient (Wildman–Crippen LogP) is 3.82. The summed E-state index contributed by atoms with van der Waals surface area (Å²) in [5, 5.41) is 3.64. The SMILES string of the molecule is CCCC1CC(N[C@@H](C)c2ccc(F)cc2)CCO1. The van der Waals surface area contributed by atoms with E-state index in [1.54, 1.807) is 0 Å². The lowest BCUT2D eigenvalue weighted by molar-refractivity contribution is -0.00472. The second kappa shape index (κ2) is 7.01. The van der Waals surface area contributed by atoms with Crippen molar-refractivity contribution in [2.45, 2.75) is 57.7 Å². The summed E-state index contributed by atoms with van der Waals surface area (Å²) in [5.74, 6) is -0.176. The molecule has 0 aromatic heterocycles. The van der Waals surface area contributed by atoms with Gasteiger partial charge in [-0.1, -0.05) is 25.5 Å². The Morgan fingerprint density at radius 3 is 2.79 bits per heavy atom. The molecule has 1 N–H and O–H groups in total. The summed E-state index contributed by atoms with van der Waals surface area (Å²) in [7, 11) is 0. The molecule has 0 spiro atoms. The van der Waals surface area contributed by atoms with E-state index >= 15 is 0 Å². The normalized spacial score (nSPS) is 25.2. The van der Waals surface area contributed by atoms with E-state index in [9.17, 15) is 4.39 Å². The minimum atomic E-state index is -0.176. The van der Waals surface area contributed by atoms with Crippen LogP contribution in [0.25, 0.3) is 0 Å². The Hall–Kier alpha value is -0.930. The second-order valence-corrected chi connectivity index (χ2v) is 5.44. The average Bonchev–Trinajstić information content (AvgIpc) is 2.40. The Morgan fingerprint density at radius 2 is 2.11 bits per heavy atom. The van der Waals surface area contributed by atoms with Crippen molar-refractivity contribution in [1.29, 1.82) is 0 Å². The lowest BCUT2D eigenvalue weighted by Crippen LogP contribution is -2.40. The largest absolute Gasteiger partial charge is 0.378 e. The van der Waals surface area contributed by atoms with Gasteiger partial charge >= 0.3 is 0 Å². The fourth-order valence-electron chi connectivity index (χ4n) is 2.76. The van der Waals surface area contributed by atoms with Gasteiger partial charge in [0.2, 0.25) is 0 Å². The van der Waals surface area contributed by atoms with E-state index in [-0.39, 0.29) is 11.9 Å². The lowest BCUT2D eigenvalue weighted by Gasteiger charge is -2.32. The first-order chi connectivity index (χ1) is 9.19. The third-order valence-corrected chi connectivity index (χ3v) is 3.83. The Balaban J connectivity index is 1.87. The first-order valence-electron chi connectivity index (χ1n) is 7.32. The van der Waals surface area contributed by atoms with Gasteiger partial charge in [-0.3, -0.25) is 0 Å². The van der Waals surface area contributed by atoms with Crippen LogP contribution in [0.4, 0.5) is 4.39 Å². The molecule has 0 aliphatic carbocycles. The van der Waals surface area contributed by atoms with E-state index in [1.165, 1.54) is 18.6 Å². The topological polar surface area (TPSA) is 21.3 Å². The first kappa shape index (κ1) is 14.5. The Bertz CT molecular complexity index is 377. The van der Waals surface area contributed by atoms with Crippen LogP contribution in [0.5, 0.6) is 0 Å². The zero-order valence-electron chi connectivity index (χ0n) is 11.9. The van der Waals surface area contributed by atoms with Gasteiger partial charge in [0.15, 0.2) is 0 Å². The highest BCUT2D eigenvalue weighted by molar-refractivity contribution is 5.19. The molecule has 0 amide bonds. The fourth-order valence-corrected chi connectivity index (χ4v) is 2.76. The highest BCUT2D eigenvalue weighted by Gasteiger charge is 2.23. The molecule has 1 aliphatic rings. The number of hydrogen-bond donors (Lipinski definition) is 1. The molecule has 2 nitrogen and oxygen atoms in total. The highest BCUT2D eigenvalue weighted by atomic mass is 19.1. The molecule has 1 aromatic rings. The molecule has 1 saturated heterocycles. The molecular weight excluding hydrogens is 241 g/mol. The predicted molar refractivity (Wildman–Crippen MR) is 75.6 cm³/mol. The monoisotopic (exact) mass is 265 g/mol. The zero-order chi connectivity index (χ0) is 13.7. The summed E-state index contributed by atoms with van der Waals surface area (Å²) in [6.07, 6.45) is 4.86. The highest BCUT2D eigenvalue weighted by Crippen LogP contribution is 2.21. The number of benzene rings is 1. The maximum Gasteiger partial charge on any atom is 0.123 e. The third kappa shape index (κ3) is 4.29. The van der Waals surface area contributed by atoms with Crippen LogP contribution >= 0.6 is 0 Å². The van der Waals surface area contributed by atoms with Crippen molar-refractivity contribution in [2.75, 3.05) is 6.61 Å².